The van der Waals surface area contributed by atoms with Gasteiger partial charge in [0.2, 0.25) is 5.13 Å². The molecule has 1 heterocycles. The highest BCUT2D eigenvalue weighted by atomic mass is 35.5. The summed E-state index contributed by atoms with van der Waals surface area (Å²) in [6.45, 7) is 3.73. The number of carbonyl (C=O) groups is 1. The van der Waals surface area contributed by atoms with Crippen LogP contribution in [0.5, 0.6) is 0 Å². The van der Waals surface area contributed by atoms with Crippen molar-refractivity contribution >= 4 is 61.4 Å². The number of hydrogen-bond acceptors (Lipinski definition) is 7. The monoisotopic (exact) mass is 544 g/mol. The van der Waals surface area contributed by atoms with Crippen LogP contribution in [0.3, 0.4) is 0 Å². The molecule has 0 unspecified atom stereocenters. The van der Waals surface area contributed by atoms with Crippen LogP contribution in [0, 0.1) is 13.8 Å². The van der Waals surface area contributed by atoms with Crippen LogP contribution in [0.1, 0.15) is 27.0 Å². The van der Waals surface area contributed by atoms with Crippen molar-refractivity contribution in [1.29, 1.82) is 0 Å². The maximum absolute atomic E-state index is 13.0. The van der Waals surface area contributed by atoms with Crippen LogP contribution in [0.15, 0.2) is 76.0 Å². The number of aromatic nitrogens is 2. The summed E-state index contributed by atoms with van der Waals surface area (Å²) >= 11 is 8.95. The van der Waals surface area contributed by atoms with Crippen molar-refractivity contribution in [2.45, 2.75) is 28.8 Å². The van der Waals surface area contributed by atoms with Crippen LogP contribution < -0.4 is 10.0 Å². The van der Waals surface area contributed by atoms with E-state index in [0.717, 1.165) is 22.4 Å². The fourth-order valence-electron chi connectivity index (χ4n) is 3.19. The van der Waals surface area contributed by atoms with E-state index in [0.29, 0.717) is 15.2 Å². The fourth-order valence-corrected chi connectivity index (χ4v) is 6.55. The van der Waals surface area contributed by atoms with Crippen LogP contribution in [-0.2, 0) is 15.8 Å². The number of sulfonamides is 1. The number of aryl methyl sites for hydroxylation is 2. The third-order valence-corrected chi connectivity index (χ3v) is 8.83. The molecule has 0 saturated heterocycles. The Kier molecular flexibility index (Phi) is 7.75. The van der Waals surface area contributed by atoms with Crippen molar-refractivity contribution in [3.63, 3.8) is 0 Å². The van der Waals surface area contributed by atoms with Crippen LogP contribution in [0.25, 0.3) is 0 Å². The van der Waals surface area contributed by atoms with E-state index in [1.165, 1.54) is 41.3 Å². The van der Waals surface area contributed by atoms with Gasteiger partial charge in [-0.15, -0.1) is 10.2 Å². The Morgan fingerprint density at radius 3 is 2.54 bits per heavy atom. The molecule has 1 amide bonds. The van der Waals surface area contributed by atoms with Gasteiger partial charge in [0.15, 0.2) is 4.34 Å². The lowest BCUT2D eigenvalue weighted by molar-refractivity contribution is 0.102. The molecule has 0 spiro atoms. The number of rotatable bonds is 8. The largest absolute Gasteiger partial charge is 0.296 e. The lowest BCUT2D eigenvalue weighted by Gasteiger charge is -2.13. The van der Waals surface area contributed by atoms with E-state index >= 15 is 0 Å². The molecule has 0 atom stereocenters. The van der Waals surface area contributed by atoms with Gasteiger partial charge < -0.3 is 0 Å². The molecular weight excluding hydrogens is 524 g/mol. The lowest BCUT2D eigenvalue weighted by atomic mass is 10.1. The van der Waals surface area contributed by atoms with E-state index < -0.39 is 15.9 Å². The van der Waals surface area contributed by atoms with Crippen molar-refractivity contribution in [3.8, 4) is 0 Å². The van der Waals surface area contributed by atoms with Crippen molar-refractivity contribution < 1.29 is 13.2 Å². The third-order valence-electron chi connectivity index (χ3n) is 4.94. The number of carbonyl (C=O) groups excluding carboxylic acids is 1. The Hall–Kier alpha value is -2.92. The Balaban J connectivity index is 1.47. The van der Waals surface area contributed by atoms with E-state index in [1.807, 2.05) is 56.3 Å². The number of anilines is 2. The van der Waals surface area contributed by atoms with Crippen molar-refractivity contribution in [1.82, 2.24) is 10.2 Å². The highest BCUT2D eigenvalue weighted by Crippen LogP contribution is 2.30. The molecular formula is C24H21ClN4O3S3. The zero-order valence-corrected chi connectivity index (χ0v) is 22.0. The van der Waals surface area contributed by atoms with E-state index in [9.17, 15) is 13.2 Å². The highest BCUT2D eigenvalue weighted by Gasteiger charge is 2.22. The van der Waals surface area contributed by atoms with Gasteiger partial charge in [-0.1, -0.05) is 82.7 Å². The quantitative estimate of drug-likeness (QED) is 0.204. The Morgan fingerprint density at radius 2 is 1.80 bits per heavy atom. The SMILES string of the molecule is Cc1ccc(NS(=O)(=O)c2cc(C(=O)Nc3nnc(SCc4ccccc4)s3)ccc2Cl)c(C)c1. The molecule has 1 aromatic heterocycles. The number of nitrogens with one attached hydrogen (secondary N) is 2. The van der Waals surface area contributed by atoms with Gasteiger partial charge in [-0.25, -0.2) is 8.42 Å². The topological polar surface area (TPSA) is 101 Å². The summed E-state index contributed by atoms with van der Waals surface area (Å²) in [5.41, 5.74) is 3.51. The van der Waals surface area contributed by atoms with Crippen molar-refractivity contribution in [3.05, 3.63) is 94.0 Å². The average Bonchev–Trinajstić information content (AvgIpc) is 3.27. The Bertz CT molecular complexity index is 1470. The van der Waals surface area contributed by atoms with Gasteiger partial charge in [-0.05, 0) is 49.2 Å². The maximum atomic E-state index is 13.0. The molecule has 0 radical (unpaired) electrons. The number of benzene rings is 3. The van der Waals surface area contributed by atoms with Gasteiger partial charge >= 0.3 is 0 Å². The van der Waals surface area contributed by atoms with Gasteiger partial charge in [0, 0.05) is 11.3 Å². The maximum Gasteiger partial charge on any atom is 0.263 e. The minimum Gasteiger partial charge on any atom is -0.296 e. The average molecular weight is 545 g/mol. The molecule has 3 aromatic carbocycles. The molecule has 0 bridgehead atoms. The zero-order valence-electron chi connectivity index (χ0n) is 18.8. The molecule has 35 heavy (non-hydrogen) atoms. The number of hydrogen-bond donors (Lipinski definition) is 2. The van der Waals surface area contributed by atoms with Crippen molar-refractivity contribution in [2.24, 2.45) is 0 Å². The molecule has 7 nitrogen and oxygen atoms in total. The molecule has 0 aliphatic carbocycles. The second-order valence-corrected chi connectivity index (χ2v) is 11.9. The van der Waals surface area contributed by atoms with E-state index in [2.05, 4.69) is 20.2 Å². The van der Waals surface area contributed by atoms with Gasteiger partial charge in [-0.3, -0.25) is 14.8 Å². The first-order valence-corrected chi connectivity index (χ1v) is 14.1. The van der Waals surface area contributed by atoms with Crippen LogP contribution in [-0.4, -0.2) is 24.5 Å². The molecule has 11 heteroatoms. The predicted octanol–water partition coefficient (Wildman–Crippen LogP) is 6.15. The van der Waals surface area contributed by atoms with Gasteiger partial charge in [0.1, 0.15) is 4.90 Å². The standard InChI is InChI=1S/C24H21ClN4O3S3/c1-15-8-11-20(16(2)12-15)29-35(31,32)21-13-18(9-10-19(21)25)22(30)26-23-27-28-24(34-23)33-14-17-6-4-3-5-7-17/h3-13,29H,14H2,1-2H3,(H,26,27,30). The summed E-state index contributed by atoms with van der Waals surface area (Å²) in [6, 6.07) is 19.4. The number of amides is 1. The molecule has 0 aliphatic rings. The fraction of sp³-hybridized carbons (Fsp3) is 0.125. The summed E-state index contributed by atoms with van der Waals surface area (Å²) in [7, 11) is -4.03. The van der Waals surface area contributed by atoms with Gasteiger partial charge in [-0.2, -0.15) is 0 Å². The molecule has 4 rings (SSSR count). The second kappa shape index (κ2) is 10.8. The first-order chi connectivity index (χ1) is 16.7. The summed E-state index contributed by atoms with van der Waals surface area (Å²) in [4.78, 5) is 12.6. The first kappa shape index (κ1) is 25.2. The normalized spacial score (nSPS) is 11.3. The smallest absolute Gasteiger partial charge is 0.263 e. The molecule has 2 N–H and O–H groups in total. The van der Waals surface area contributed by atoms with Crippen LogP contribution >= 0.6 is 34.7 Å². The first-order valence-electron chi connectivity index (χ1n) is 10.4. The predicted molar refractivity (Wildman–Crippen MR) is 142 cm³/mol. The Labute approximate surface area is 217 Å². The van der Waals surface area contributed by atoms with Crippen LogP contribution in [0.2, 0.25) is 5.02 Å². The minimum atomic E-state index is -4.03. The summed E-state index contributed by atoms with van der Waals surface area (Å²) in [6.07, 6.45) is 0. The van der Waals surface area contributed by atoms with E-state index in [1.54, 1.807) is 6.07 Å². The summed E-state index contributed by atoms with van der Waals surface area (Å²) in [5.74, 6) is 0.218. The summed E-state index contributed by atoms with van der Waals surface area (Å²) in [5, 5.41) is 11.1. The molecule has 180 valence electrons. The highest BCUT2D eigenvalue weighted by molar-refractivity contribution is 8.00. The second-order valence-electron chi connectivity index (χ2n) is 7.67. The molecule has 0 saturated carbocycles. The molecule has 0 aliphatic heterocycles. The summed E-state index contributed by atoms with van der Waals surface area (Å²) < 4.78 is 29.3. The van der Waals surface area contributed by atoms with Gasteiger partial charge in [0.25, 0.3) is 15.9 Å². The third kappa shape index (κ3) is 6.40. The van der Waals surface area contributed by atoms with Crippen LogP contribution in [0.4, 0.5) is 10.8 Å². The molecule has 4 aromatic rings. The van der Waals surface area contributed by atoms with Gasteiger partial charge in [0.05, 0.1) is 10.7 Å². The van der Waals surface area contributed by atoms with E-state index in [-0.39, 0.29) is 15.5 Å². The minimum absolute atomic E-state index is 0.00864. The lowest BCUT2D eigenvalue weighted by Crippen LogP contribution is -2.17. The number of nitrogens with zero attached hydrogens (tertiary/aromatic N) is 2. The Morgan fingerprint density at radius 1 is 1.03 bits per heavy atom. The zero-order chi connectivity index (χ0) is 25.0. The molecule has 0 fully saturated rings. The van der Waals surface area contributed by atoms with Crippen molar-refractivity contribution in [2.75, 3.05) is 10.0 Å². The number of thioether (sulfide) groups is 1. The van der Waals surface area contributed by atoms with E-state index in [4.69, 9.17) is 11.6 Å². The number of halogens is 1.